The Kier molecular flexibility index (Phi) is 3.36. The Morgan fingerprint density at radius 1 is 1.42 bits per heavy atom. The van der Waals surface area contributed by atoms with Crippen LogP contribution in [0.4, 0.5) is 0 Å². The summed E-state index contributed by atoms with van der Waals surface area (Å²) < 4.78 is 7.02. The summed E-state index contributed by atoms with van der Waals surface area (Å²) in [6.07, 6.45) is 3.47. The Balaban J connectivity index is 2.04. The molecule has 98 valence electrons. The quantitative estimate of drug-likeness (QED) is 0.810. The molecule has 1 aliphatic rings. The first-order valence-corrected chi connectivity index (χ1v) is 6.55. The van der Waals surface area contributed by atoms with E-state index >= 15 is 0 Å². The Hall–Kier alpha value is -1.65. The number of ether oxygens (including phenoxy) is 1. The van der Waals surface area contributed by atoms with E-state index in [0.29, 0.717) is 17.2 Å². The molecule has 1 fully saturated rings. The van der Waals surface area contributed by atoms with Crippen LogP contribution in [0, 0.1) is 0 Å². The van der Waals surface area contributed by atoms with Gasteiger partial charge in [0.2, 0.25) is 0 Å². The molecule has 1 aliphatic heterocycles. The van der Waals surface area contributed by atoms with Crippen molar-refractivity contribution in [1.82, 2.24) is 9.78 Å². The van der Waals surface area contributed by atoms with Crippen molar-refractivity contribution in [2.24, 2.45) is 0 Å². The highest BCUT2D eigenvalue weighted by Gasteiger charge is 2.24. The van der Waals surface area contributed by atoms with E-state index in [1.54, 1.807) is 16.9 Å². The van der Waals surface area contributed by atoms with Gasteiger partial charge in [0.15, 0.2) is 6.29 Å². The Morgan fingerprint density at radius 2 is 2.26 bits per heavy atom. The number of benzene rings is 1. The predicted octanol–water partition coefficient (Wildman–Crippen LogP) is 2.84. The molecule has 0 aliphatic carbocycles. The number of hydrogen-bond donors (Lipinski definition) is 0. The molecule has 4 nitrogen and oxygen atoms in total. The zero-order chi connectivity index (χ0) is 13.2. The summed E-state index contributed by atoms with van der Waals surface area (Å²) in [5.41, 5.74) is 2.18. The zero-order valence-electron chi connectivity index (χ0n) is 10.3. The summed E-state index contributed by atoms with van der Waals surface area (Å²) in [7, 11) is 0. The lowest BCUT2D eigenvalue weighted by Crippen LogP contribution is -2.03. The molecule has 1 aromatic carbocycles. The number of para-hydroxylation sites is 1. The number of carbonyl (C=O) groups is 1. The van der Waals surface area contributed by atoms with Crippen molar-refractivity contribution in [3.05, 3.63) is 46.7 Å². The van der Waals surface area contributed by atoms with Crippen LogP contribution in [-0.2, 0) is 4.74 Å². The summed E-state index contributed by atoms with van der Waals surface area (Å²) in [5.74, 6) is 0.198. The molecule has 0 N–H and O–H groups in total. The summed E-state index contributed by atoms with van der Waals surface area (Å²) >= 11 is 6.15. The van der Waals surface area contributed by atoms with Crippen LogP contribution in [0.15, 0.2) is 30.5 Å². The summed E-state index contributed by atoms with van der Waals surface area (Å²) in [6.45, 7) is 1.35. The Bertz CT molecular complexity index is 603. The summed E-state index contributed by atoms with van der Waals surface area (Å²) in [5, 5.41) is 5.12. The lowest BCUT2D eigenvalue weighted by atomic mass is 10.0. The molecule has 2 heterocycles. The van der Waals surface area contributed by atoms with E-state index in [1.165, 1.54) is 0 Å². The second-order valence-electron chi connectivity index (χ2n) is 4.54. The average Bonchev–Trinajstić information content (AvgIpc) is 3.08. The standard InChI is InChI=1S/C14H13ClN2O2/c15-12-3-1-2-4-13(12)17-7-11(8-18)14(16-17)10-5-6-19-9-10/h1-4,7-8,10H,5-6,9H2. The van der Waals surface area contributed by atoms with Gasteiger partial charge < -0.3 is 4.74 Å². The van der Waals surface area contributed by atoms with Gasteiger partial charge in [0.1, 0.15) is 0 Å². The molecule has 0 radical (unpaired) electrons. The minimum absolute atomic E-state index is 0.198. The van der Waals surface area contributed by atoms with Gasteiger partial charge in [-0.15, -0.1) is 0 Å². The molecule has 1 saturated heterocycles. The lowest BCUT2D eigenvalue weighted by molar-refractivity contribution is 0.112. The molecule has 0 saturated carbocycles. The van der Waals surface area contributed by atoms with Crippen molar-refractivity contribution in [3.63, 3.8) is 0 Å². The molecule has 19 heavy (non-hydrogen) atoms. The number of nitrogens with zero attached hydrogens (tertiary/aromatic N) is 2. The first-order chi connectivity index (χ1) is 9.29. The summed E-state index contributed by atoms with van der Waals surface area (Å²) in [6, 6.07) is 7.43. The van der Waals surface area contributed by atoms with Crippen molar-refractivity contribution in [2.75, 3.05) is 13.2 Å². The van der Waals surface area contributed by atoms with Crippen molar-refractivity contribution in [2.45, 2.75) is 12.3 Å². The number of rotatable bonds is 3. The van der Waals surface area contributed by atoms with Crippen molar-refractivity contribution in [1.29, 1.82) is 0 Å². The van der Waals surface area contributed by atoms with Gasteiger partial charge >= 0.3 is 0 Å². The molecule has 0 amide bonds. The maximum atomic E-state index is 11.2. The van der Waals surface area contributed by atoms with E-state index in [-0.39, 0.29) is 5.92 Å². The van der Waals surface area contributed by atoms with Crippen LogP contribution in [0.5, 0.6) is 0 Å². The highest BCUT2D eigenvalue weighted by atomic mass is 35.5. The fraction of sp³-hybridized carbons (Fsp3) is 0.286. The van der Waals surface area contributed by atoms with Crippen LogP contribution in [0.3, 0.4) is 0 Å². The second kappa shape index (κ2) is 5.15. The fourth-order valence-electron chi connectivity index (χ4n) is 2.32. The number of carbonyl (C=O) groups excluding carboxylic acids is 1. The van der Waals surface area contributed by atoms with Crippen molar-refractivity contribution >= 4 is 17.9 Å². The molecule has 0 spiro atoms. The van der Waals surface area contributed by atoms with E-state index in [9.17, 15) is 4.79 Å². The van der Waals surface area contributed by atoms with E-state index in [0.717, 1.165) is 30.7 Å². The third kappa shape index (κ3) is 2.29. The van der Waals surface area contributed by atoms with E-state index < -0.39 is 0 Å². The molecular weight excluding hydrogens is 264 g/mol. The maximum Gasteiger partial charge on any atom is 0.153 e. The zero-order valence-corrected chi connectivity index (χ0v) is 11.0. The highest BCUT2D eigenvalue weighted by molar-refractivity contribution is 6.32. The van der Waals surface area contributed by atoms with Crippen LogP contribution < -0.4 is 0 Å². The molecule has 1 unspecified atom stereocenters. The van der Waals surface area contributed by atoms with Crippen LogP contribution in [0.2, 0.25) is 5.02 Å². The van der Waals surface area contributed by atoms with Gasteiger partial charge in [0, 0.05) is 18.7 Å². The van der Waals surface area contributed by atoms with Gasteiger partial charge in [-0.1, -0.05) is 23.7 Å². The Morgan fingerprint density at radius 3 is 2.95 bits per heavy atom. The van der Waals surface area contributed by atoms with Gasteiger partial charge in [-0.3, -0.25) is 4.79 Å². The number of aromatic nitrogens is 2. The molecule has 0 bridgehead atoms. The highest BCUT2D eigenvalue weighted by Crippen LogP contribution is 2.28. The number of halogens is 1. The van der Waals surface area contributed by atoms with Gasteiger partial charge in [-0.25, -0.2) is 4.68 Å². The van der Waals surface area contributed by atoms with Gasteiger partial charge in [0.05, 0.1) is 28.6 Å². The largest absolute Gasteiger partial charge is 0.381 e. The van der Waals surface area contributed by atoms with E-state index in [4.69, 9.17) is 16.3 Å². The van der Waals surface area contributed by atoms with Crippen LogP contribution in [-0.4, -0.2) is 29.3 Å². The maximum absolute atomic E-state index is 11.2. The molecule has 2 aromatic rings. The third-order valence-electron chi connectivity index (χ3n) is 3.32. The minimum atomic E-state index is 0.198. The lowest BCUT2D eigenvalue weighted by Gasteiger charge is -2.05. The van der Waals surface area contributed by atoms with E-state index in [2.05, 4.69) is 5.10 Å². The van der Waals surface area contributed by atoms with Gasteiger partial charge in [-0.05, 0) is 18.6 Å². The number of aldehydes is 1. The second-order valence-corrected chi connectivity index (χ2v) is 4.95. The van der Waals surface area contributed by atoms with Crippen molar-refractivity contribution < 1.29 is 9.53 Å². The SMILES string of the molecule is O=Cc1cn(-c2ccccc2Cl)nc1C1CCOC1. The van der Waals surface area contributed by atoms with Gasteiger partial charge in [0.25, 0.3) is 0 Å². The molecule has 5 heteroatoms. The number of hydrogen-bond acceptors (Lipinski definition) is 3. The minimum Gasteiger partial charge on any atom is -0.381 e. The topological polar surface area (TPSA) is 44.1 Å². The first-order valence-electron chi connectivity index (χ1n) is 6.17. The van der Waals surface area contributed by atoms with E-state index in [1.807, 2.05) is 18.2 Å². The van der Waals surface area contributed by atoms with Gasteiger partial charge in [-0.2, -0.15) is 5.10 Å². The predicted molar refractivity (Wildman–Crippen MR) is 72.1 cm³/mol. The Labute approximate surface area is 115 Å². The van der Waals surface area contributed by atoms with Crippen LogP contribution >= 0.6 is 11.6 Å². The molecule has 1 aromatic heterocycles. The first kappa shape index (κ1) is 12.4. The third-order valence-corrected chi connectivity index (χ3v) is 3.63. The molecule has 3 rings (SSSR count). The smallest absolute Gasteiger partial charge is 0.153 e. The summed E-state index contributed by atoms with van der Waals surface area (Å²) in [4.78, 5) is 11.2. The average molecular weight is 277 g/mol. The molecule has 1 atom stereocenters. The van der Waals surface area contributed by atoms with Crippen molar-refractivity contribution in [3.8, 4) is 5.69 Å². The normalized spacial score (nSPS) is 18.7. The monoisotopic (exact) mass is 276 g/mol. The fourth-order valence-corrected chi connectivity index (χ4v) is 2.54. The van der Waals surface area contributed by atoms with Crippen LogP contribution in [0.1, 0.15) is 28.4 Å². The van der Waals surface area contributed by atoms with Crippen LogP contribution in [0.25, 0.3) is 5.69 Å². The molecular formula is C14H13ClN2O2.